The van der Waals surface area contributed by atoms with Crippen LogP contribution in [0.25, 0.3) is 0 Å². The van der Waals surface area contributed by atoms with E-state index in [4.69, 9.17) is 32.1 Å². The van der Waals surface area contributed by atoms with Crippen LogP contribution in [0, 0.1) is 0 Å². The monoisotopic (exact) mass is 402 g/mol. The molecule has 2 aromatic rings. The number of rotatable bonds is 5. The molecule has 136 valence electrons. The molecular formula is C18H20Cl2O4S. The minimum atomic E-state index is -4.16. The summed E-state index contributed by atoms with van der Waals surface area (Å²) in [5.74, 6) is 0.200. The maximum Gasteiger partial charge on any atom is 0.342 e. The van der Waals surface area contributed by atoms with E-state index in [1.165, 1.54) is 12.1 Å². The molecular weight excluding hydrogens is 383 g/mol. The largest absolute Gasteiger partial charge is 0.492 e. The summed E-state index contributed by atoms with van der Waals surface area (Å²) in [6, 6.07) is 9.43. The van der Waals surface area contributed by atoms with Crippen LogP contribution in [0.3, 0.4) is 0 Å². The second kappa shape index (κ2) is 7.44. The summed E-state index contributed by atoms with van der Waals surface area (Å²) in [7, 11) is -4.16. The normalized spacial score (nSPS) is 12.1. The lowest BCUT2D eigenvalue weighted by molar-refractivity contribution is 0.329. The van der Waals surface area contributed by atoms with Gasteiger partial charge in [0.2, 0.25) is 0 Å². The highest BCUT2D eigenvalue weighted by molar-refractivity contribution is 7.87. The Morgan fingerprint density at radius 1 is 1.00 bits per heavy atom. The molecule has 0 heterocycles. The van der Waals surface area contributed by atoms with Crippen LogP contribution in [0.5, 0.6) is 11.5 Å². The highest BCUT2D eigenvalue weighted by Crippen LogP contribution is 2.35. The van der Waals surface area contributed by atoms with Crippen molar-refractivity contribution in [3.05, 3.63) is 52.0 Å². The van der Waals surface area contributed by atoms with Gasteiger partial charge in [0, 0.05) is 11.1 Å². The Bertz CT molecular complexity index is 871. The third-order valence-corrected chi connectivity index (χ3v) is 5.28. The van der Waals surface area contributed by atoms with Crippen molar-refractivity contribution in [2.45, 2.75) is 38.0 Å². The van der Waals surface area contributed by atoms with Gasteiger partial charge in [-0.15, -0.1) is 0 Å². The minimum Gasteiger partial charge on any atom is -0.492 e. The number of hydrogen-bond acceptors (Lipinski definition) is 4. The maximum atomic E-state index is 12.8. The van der Waals surface area contributed by atoms with Crippen LogP contribution in [0.15, 0.2) is 41.3 Å². The van der Waals surface area contributed by atoms with Crippen molar-refractivity contribution in [1.82, 2.24) is 0 Å². The molecule has 7 heteroatoms. The van der Waals surface area contributed by atoms with Crippen LogP contribution in [-0.4, -0.2) is 15.0 Å². The van der Waals surface area contributed by atoms with Gasteiger partial charge in [-0.2, -0.15) is 8.42 Å². The molecule has 0 aliphatic carbocycles. The average Bonchev–Trinajstić information content (AvgIpc) is 2.50. The molecule has 4 nitrogen and oxygen atoms in total. The summed E-state index contributed by atoms with van der Waals surface area (Å²) in [4.78, 5) is -0.0437. The molecule has 0 aromatic heterocycles. The van der Waals surface area contributed by atoms with Crippen molar-refractivity contribution < 1.29 is 17.3 Å². The fourth-order valence-corrected chi connectivity index (χ4v) is 3.62. The molecule has 0 aliphatic rings. The third-order valence-electron chi connectivity index (χ3n) is 3.47. The Labute approximate surface area is 158 Å². The molecule has 2 rings (SSSR count). The van der Waals surface area contributed by atoms with Gasteiger partial charge in [-0.1, -0.05) is 50.0 Å². The van der Waals surface area contributed by atoms with Crippen molar-refractivity contribution in [3.63, 3.8) is 0 Å². The molecule has 0 saturated heterocycles. The second-order valence-corrected chi connectivity index (χ2v) is 8.82. The molecule has 0 amide bonds. The van der Waals surface area contributed by atoms with Crippen molar-refractivity contribution >= 4 is 33.3 Å². The van der Waals surface area contributed by atoms with E-state index in [1.54, 1.807) is 25.1 Å². The smallest absolute Gasteiger partial charge is 0.342 e. The van der Waals surface area contributed by atoms with E-state index in [0.29, 0.717) is 11.6 Å². The Hall–Kier alpha value is -1.43. The summed E-state index contributed by atoms with van der Waals surface area (Å²) in [5.41, 5.74) is 0.609. The number of hydrogen-bond donors (Lipinski definition) is 0. The molecule has 0 saturated carbocycles. The van der Waals surface area contributed by atoms with Crippen molar-refractivity contribution in [2.24, 2.45) is 0 Å². The van der Waals surface area contributed by atoms with Gasteiger partial charge in [-0.25, -0.2) is 0 Å². The average molecular weight is 403 g/mol. The van der Waals surface area contributed by atoms with Gasteiger partial charge in [0.15, 0.2) is 5.75 Å². The lowest BCUT2D eigenvalue weighted by Gasteiger charge is -2.21. The molecule has 25 heavy (non-hydrogen) atoms. The first-order valence-electron chi connectivity index (χ1n) is 7.71. The Balaban J connectivity index is 2.54. The SMILES string of the molecule is CCOc1ccc(C(C)(C)C)cc1S(=O)(=O)Oc1cc(Cl)ccc1Cl. The molecule has 0 bridgehead atoms. The first-order valence-corrected chi connectivity index (χ1v) is 9.88. The van der Waals surface area contributed by atoms with Crippen LogP contribution in [0.1, 0.15) is 33.3 Å². The number of halogens is 2. The summed E-state index contributed by atoms with van der Waals surface area (Å²) < 4.78 is 36.4. The zero-order valence-corrected chi connectivity index (χ0v) is 16.8. The summed E-state index contributed by atoms with van der Waals surface area (Å²) in [5, 5.41) is 0.473. The molecule has 0 unspecified atom stereocenters. The molecule has 0 spiro atoms. The number of ether oxygens (including phenoxy) is 1. The minimum absolute atomic E-state index is 0.0298. The molecule has 2 aromatic carbocycles. The quantitative estimate of drug-likeness (QED) is 0.623. The van der Waals surface area contributed by atoms with Gasteiger partial charge in [0.1, 0.15) is 10.6 Å². The third kappa shape index (κ3) is 4.81. The lowest BCUT2D eigenvalue weighted by Crippen LogP contribution is -2.16. The topological polar surface area (TPSA) is 52.6 Å². The Kier molecular flexibility index (Phi) is 5.92. The van der Waals surface area contributed by atoms with Gasteiger partial charge in [-0.05, 0) is 42.2 Å². The van der Waals surface area contributed by atoms with Crippen molar-refractivity contribution in [3.8, 4) is 11.5 Å². The molecule has 0 radical (unpaired) electrons. The predicted octanol–water partition coefficient (Wildman–Crippen LogP) is 5.46. The summed E-state index contributed by atoms with van der Waals surface area (Å²) in [6.45, 7) is 8.09. The van der Waals surface area contributed by atoms with Crippen LogP contribution in [0.2, 0.25) is 10.0 Å². The second-order valence-electron chi connectivity index (χ2n) is 6.46. The van der Waals surface area contributed by atoms with Gasteiger partial charge in [0.25, 0.3) is 0 Å². The van der Waals surface area contributed by atoms with Gasteiger partial charge < -0.3 is 8.92 Å². The van der Waals surface area contributed by atoms with Crippen molar-refractivity contribution in [1.29, 1.82) is 0 Å². The van der Waals surface area contributed by atoms with E-state index in [2.05, 4.69) is 0 Å². The fraction of sp³-hybridized carbons (Fsp3) is 0.333. The van der Waals surface area contributed by atoms with E-state index in [-0.39, 0.29) is 26.8 Å². The Morgan fingerprint density at radius 2 is 1.68 bits per heavy atom. The maximum absolute atomic E-state index is 12.8. The lowest BCUT2D eigenvalue weighted by atomic mass is 9.87. The van der Waals surface area contributed by atoms with Crippen LogP contribution in [0.4, 0.5) is 0 Å². The molecule has 0 N–H and O–H groups in total. The highest BCUT2D eigenvalue weighted by atomic mass is 35.5. The van der Waals surface area contributed by atoms with Crippen LogP contribution < -0.4 is 8.92 Å². The first-order chi connectivity index (χ1) is 11.5. The predicted molar refractivity (Wildman–Crippen MR) is 101 cm³/mol. The molecule has 0 fully saturated rings. The summed E-state index contributed by atoms with van der Waals surface area (Å²) >= 11 is 11.9. The zero-order valence-electron chi connectivity index (χ0n) is 14.5. The fourth-order valence-electron chi connectivity index (χ4n) is 2.15. The van der Waals surface area contributed by atoms with E-state index in [9.17, 15) is 8.42 Å². The van der Waals surface area contributed by atoms with Gasteiger partial charge >= 0.3 is 10.1 Å². The highest BCUT2D eigenvalue weighted by Gasteiger charge is 2.26. The molecule has 0 aliphatic heterocycles. The van der Waals surface area contributed by atoms with Crippen LogP contribution >= 0.6 is 23.2 Å². The molecule has 0 atom stereocenters. The number of benzene rings is 2. The first kappa shape index (κ1) is 19.9. The van der Waals surface area contributed by atoms with E-state index < -0.39 is 10.1 Å². The van der Waals surface area contributed by atoms with E-state index in [1.807, 2.05) is 26.8 Å². The van der Waals surface area contributed by atoms with Gasteiger partial charge in [0.05, 0.1) is 11.6 Å². The van der Waals surface area contributed by atoms with Crippen LogP contribution in [-0.2, 0) is 15.5 Å². The van der Waals surface area contributed by atoms with Crippen molar-refractivity contribution in [2.75, 3.05) is 6.61 Å². The van der Waals surface area contributed by atoms with Gasteiger partial charge in [-0.3, -0.25) is 0 Å². The zero-order chi connectivity index (χ0) is 18.8. The summed E-state index contributed by atoms with van der Waals surface area (Å²) in [6.07, 6.45) is 0. The Morgan fingerprint density at radius 3 is 2.28 bits per heavy atom. The van der Waals surface area contributed by atoms with E-state index in [0.717, 1.165) is 5.56 Å². The van der Waals surface area contributed by atoms with E-state index >= 15 is 0 Å². The standard InChI is InChI=1S/C18H20Cl2O4S/c1-5-23-15-9-6-12(18(2,3)4)10-17(15)25(21,22)24-16-11-13(19)7-8-14(16)20/h6-11H,5H2,1-4H3.